The highest BCUT2D eigenvalue weighted by Gasteiger charge is 2.17. The van der Waals surface area contributed by atoms with Crippen LogP contribution in [0, 0.1) is 10.1 Å². The summed E-state index contributed by atoms with van der Waals surface area (Å²) in [5.74, 6) is -1.21. The van der Waals surface area contributed by atoms with Gasteiger partial charge in [0.15, 0.2) is 0 Å². The average molecular weight is 286 g/mol. The topological polar surface area (TPSA) is 92.5 Å². The van der Waals surface area contributed by atoms with E-state index in [2.05, 4.69) is 5.32 Å². The van der Waals surface area contributed by atoms with Gasteiger partial charge in [-0.1, -0.05) is 30.3 Å². The highest BCUT2D eigenvalue weighted by Crippen LogP contribution is 2.26. The van der Waals surface area contributed by atoms with Crippen LogP contribution in [0.1, 0.15) is 28.9 Å². The first-order valence-corrected chi connectivity index (χ1v) is 6.32. The normalized spacial score (nSPS) is 11.7. The lowest BCUT2D eigenvalue weighted by atomic mass is 10.1. The third-order valence-corrected chi connectivity index (χ3v) is 3.12. The van der Waals surface area contributed by atoms with Gasteiger partial charge in [-0.3, -0.25) is 10.1 Å². The van der Waals surface area contributed by atoms with Crippen molar-refractivity contribution in [1.29, 1.82) is 0 Å². The molecule has 1 atom stereocenters. The molecule has 0 saturated carbocycles. The van der Waals surface area contributed by atoms with E-state index < -0.39 is 10.9 Å². The Kier molecular flexibility index (Phi) is 4.18. The zero-order valence-corrected chi connectivity index (χ0v) is 11.3. The van der Waals surface area contributed by atoms with Crippen LogP contribution in [-0.2, 0) is 0 Å². The molecule has 0 spiro atoms. The van der Waals surface area contributed by atoms with E-state index in [0.29, 0.717) is 5.69 Å². The van der Waals surface area contributed by atoms with Gasteiger partial charge in [0.05, 0.1) is 10.5 Å². The number of aromatic carboxylic acids is 1. The zero-order chi connectivity index (χ0) is 15.4. The molecule has 0 saturated heterocycles. The number of non-ortho nitro benzene ring substituents is 1. The second kappa shape index (κ2) is 6.04. The first kappa shape index (κ1) is 14.5. The number of hydrogen-bond donors (Lipinski definition) is 2. The van der Waals surface area contributed by atoms with E-state index in [1.54, 1.807) is 0 Å². The van der Waals surface area contributed by atoms with Crippen LogP contribution in [0.25, 0.3) is 0 Å². The fourth-order valence-electron chi connectivity index (χ4n) is 2.01. The third-order valence-electron chi connectivity index (χ3n) is 3.12. The number of anilines is 1. The molecule has 2 aromatic carbocycles. The Bertz CT molecular complexity index is 671. The lowest BCUT2D eigenvalue weighted by Crippen LogP contribution is -2.11. The summed E-state index contributed by atoms with van der Waals surface area (Å²) in [5.41, 5.74) is 0.980. The van der Waals surface area contributed by atoms with E-state index in [0.717, 1.165) is 11.6 Å². The van der Waals surface area contributed by atoms with E-state index >= 15 is 0 Å². The van der Waals surface area contributed by atoms with Crippen LogP contribution in [0.4, 0.5) is 11.4 Å². The first-order chi connectivity index (χ1) is 9.99. The number of nitro groups is 1. The Morgan fingerprint density at radius 1 is 1.24 bits per heavy atom. The Balaban J connectivity index is 2.31. The number of benzene rings is 2. The van der Waals surface area contributed by atoms with Crippen molar-refractivity contribution in [2.45, 2.75) is 13.0 Å². The van der Waals surface area contributed by atoms with Gasteiger partial charge in [-0.05, 0) is 18.6 Å². The van der Waals surface area contributed by atoms with Crippen molar-refractivity contribution in [3.63, 3.8) is 0 Å². The van der Waals surface area contributed by atoms with Gasteiger partial charge in [0, 0.05) is 23.9 Å². The third kappa shape index (κ3) is 3.36. The molecule has 0 radical (unpaired) electrons. The predicted octanol–water partition coefficient (Wildman–Crippen LogP) is 3.47. The van der Waals surface area contributed by atoms with Crippen molar-refractivity contribution in [2.75, 3.05) is 5.32 Å². The summed E-state index contributed by atoms with van der Waals surface area (Å²) in [4.78, 5) is 21.4. The molecule has 6 heteroatoms. The Morgan fingerprint density at radius 3 is 2.48 bits per heavy atom. The van der Waals surface area contributed by atoms with E-state index in [4.69, 9.17) is 0 Å². The largest absolute Gasteiger partial charge is 0.478 e. The second-order valence-electron chi connectivity index (χ2n) is 4.57. The Labute approximate surface area is 121 Å². The van der Waals surface area contributed by atoms with Crippen molar-refractivity contribution in [3.8, 4) is 0 Å². The van der Waals surface area contributed by atoms with Crippen LogP contribution < -0.4 is 5.32 Å². The summed E-state index contributed by atoms with van der Waals surface area (Å²) in [6.45, 7) is 1.89. The number of nitro benzene ring substituents is 1. The predicted molar refractivity (Wildman–Crippen MR) is 78.5 cm³/mol. The molecule has 0 bridgehead atoms. The van der Waals surface area contributed by atoms with Crippen molar-refractivity contribution in [1.82, 2.24) is 0 Å². The maximum atomic E-state index is 11.3. The second-order valence-corrected chi connectivity index (χ2v) is 4.57. The van der Waals surface area contributed by atoms with E-state index in [9.17, 15) is 20.0 Å². The van der Waals surface area contributed by atoms with Crippen LogP contribution in [0.2, 0.25) is 0 Å². The fraction of sp³-hybridized carbons (Fsp3) is 0.133. The standard InChI is InChI=1S/C15H14N2O4/c1-10(11-5-3-2-4-6-11)16-14-8-7-12(17(20)21)9-13(14)15(18)19/h2-10,16H,1H3,(H,18,19)/t10-/m0/s1. The van der Waals surface area contributed by atoms with E-state index in [1.807, 2.05) is 37.3 Å². The number of carboxylic acids is 1. The summed E-state index contributed by atoms with van der Waals surface area (Å²) in [5, 5.41) is 23.0. The van der Waals surface area contributed by atoms with Gasteiger partial charge < -0.3 is 10.4 Å². The van der Waals surface area contributed by atoms with E-state index in [-0.39, 0.29) is 17.3 Å². The molecule has 108 valence electrons. The molecule has 0 aromatic heterocycles. The van der Waals surface area contributed by atoms with Gasteiger partial charge in [0.1, 0.15) is 0 Å². The minimum Gasteiger partial charge on any atom is -0.478 e. The number of hydrogen-bond acceptors (Lipinski definition) is 4. The first-order valence-electron chi connectivity index (χ1n) is 6.32. The number of rotatable bonds is 5. The highest BCUT2D eigenvalue weighted by molar-refractivity contribution is 5.95. The lowest BCUT2D eigenvalue weighted by Gasteiger charge is -2.17. The smallest absolute Gasteiger partial charge is 0.338 e. The molecule has 6 nitrogen and oxygen atoms in total. The molecular weight excluding hydrogens is 272 g/mol. The van der Waals surface area contributed by atoms with Gasteiger partial charge in [0.25, 0.3) is 5.69 Å². The van der Waals surface area contributed by atoms with Gasteiger partial charge in [-0.25, -0.2) is 4.79 Å². The Hall–Kier alpha value is -2.89. The molecule has 0 aliphatic rings. The average Bonchev–Trinajstić information content (AvgIpc) is 2.48. The molecular formula is C15H14N2O4. The monoisotopic (exact) mass is 286 g/mol. The maximum Gasteiger partial charge on any atom is 0.338 e. The van der Waals surface area contributed by atoms with Gasteiger partial charge in [-0.15, -0.1) is 0 Å². The molecule has 0 aliphatic carbocycles. The van der Waals surface area contributed by atoms with Gasteiger partial charge in [0.2, 0.25) is 0 Å². The van der Waals surface area contributed by atoms with Crippen LogP contribution in [0.15, 0.2) is 48.5 Å². The number of nitrogens with one attached hydrogen (secondary N) is 1. The lowest BCUT2D eigenvalue weighted by molar-refractivity contribution is -0.384. The summed E-state index contributed by atoms with van der Waals surface area (Å²) in [7, 11) is 0. The van der Waals surface area contributed by atoms with Crippen molar-refractivity contribution >= 4 is 17.3 Å². The molecule has 0 unspecified atom stereocenters. The summed E-state index contributed by atoms with van der Waals surface area (Å²) in [6.07, 6.45) is 0. The summed E-state index contributed by atoms with van der Waals surface area (Å²) < 4.78 is 0. The van der Waals surface area contributed by atoms with Crippen LogP contribution in [0.5, 0.6) is 0 Å². The molecule has 0 fully saturated rings. The van der Waals surface area contributed by atoms with Crippen molar-refractivity contribution in [2.24, 2.45) is 0 Å². The maximum absolute atomic E-state index is 11.3. The SMILES string of the molecule is C[C@H](Nc1ccc([N+](=O)[O-])cc1C(=O)O)c1ccccc1. The molecule has 21 heavy (non-hydrogen) atoms. The van der Waals surface area contributed by atoms with Gasteiger partial charge in [-0.2, -0.15) is 0 Å². The van der Waals surface area contributed by atoms with Crippen LogP contribution >= 0.6 is 0 Å². The minimum absolute atomic E-state index is 0.119. The van der Waals surface area contributed by atoms with Crippen molar-refractivity contribution in [3.05, 3.63) is 69.8 Å². The highest BCUT2D eigenvalue weighted by atomic mass is 16.6. The number of nitrogens with zero attached hydrogens (tertiary/aromatic N) is 1. The number of carboxylic acid groups (broad SMARTS) is 1. The van der Waals surface area contributed by atoms with Crippen LogP contribution in [0.3, 0.4) is 0 Å². The molecule has 0 heterocycles. The Morgan fingerprint density at radius 2 is 1.90 bits per heavy atom. The molecule has 2 rings (SSSR count). The quantitative estimate of drug-likeness (QED) is 0.648. The molecule has 2 aromatic rings. The summed E-state index contributed by atoms with van der Waals surface area (Å²) in [6, 6.07) is 13.2. The molecule has 0 aliphatic heterocycles. The minimum atomic E-state index is -1.21. The van der Waals surface area contributed by atoms with E-state index in [1.165, 1.54) is 12.1 Å². The number of carbonyl (C=O) groups is 1. The van der Waals surface area contributed by atoms with Crippen molar-refractivity contribution < 1.29 is 14.8 Å². The summed E-state index contributed by atoms with van der Waals surface area (Å²) >= 11 is 0. The van der Waals surface area contributed by atoms with Crippen LogP contribution in [-0.4, -0.2) is 16.0 Å². The molecule has 2 N–H and O–H groups in total. The van der Waals surface area contributed by atoms with Gasteiger partial charge >= 0.3 is 5.97 Å². The fourth-order valence-corrected chi connectivity index (χ4v) is 2.01. The zero-order valence-electron chi connectivity index (χ0n) is 11.3. The molecule has 0 amide bonds.